The van der Waals surface area contributed by atoms with Crippen molar-refractivity contribution in [3.05, 3.63) is 53.0 Å². The third kappa shape index (κ3) is 1.78. The maximum Gasteiger partial charge on any atom is 0.100 e. The van der Waals surface area contributed by atoms with Crippen LogP contribution < -0.4 is 5.01 Å². The van der Waals surface area contributed by atoms with E-state index >= 15 is 0 Å². The molecule has 0 N–H and O–H groups in total. The van der Waals surface area contributed by atoms with Crippen molar-refractivity contribution in [3.63, 3.8) is 0 Å². The lowest BCUT2D eigenvalue weighted by atomic mass is 9.89. The number of anilines is 1. The molecule has 0 saturated carbocycles. The highest BCUT2D eigenvalue weighted by atomic mass is 16.3. The van der Waals surface area contributed by atoms with Crippen molar-refractivity contribution in [3.8, 4) is 0 Å². The van der Waals surface area contributed by atoms with Gasteiger partial charge >= 0.3 is 0 Å². The summed E-state index contributed by atoms with van der Waals surface area (Å²) in [5, 5.41) is 4.71. The normalized spacial score (nSPS) is 23.5. The van der Waals surface area contributed by atoms with Crippen LogP contribution in [0, 0.1) is 4.91 Å². The van der Waals surface area contributed by atoms with Gasteiger partial charge in [-0.05, 0) is 38.5 Å². The van der Waals surface area contributed by atoms with Crippen molar-refractivity contribution in [1.29, 1.82) is 0 Å². The van der Waals surface area contributed by atoms with Crippen LogP contribution in [-0.2, 0) is 0 Å². The number of nitroso groups, excluding NO2 is 1. The van der Waals surface area contributed by atoms with E-state index in [1.165, 1.54) is 10.6 Å². The molecule has 0 spiro atoms. The predicted octanol–water partition coefficient (Wildman–Crippen LogP) is 3.93. The third-order valence-corrected chi connectivity index (χ3v) is 3.11. The smallest absolute Gasteiger partial charge is 0.100 e. The summed E-state index contributed by atoms with van der Waals surface area (Å²) in [6.07, 6.45) is 5.99. The van der Waals surface area contributed by atoms with Crippen LogP contribution in [0.1, 0.15) is 26.3 Å². The topological polar surface area (TPSA) is 32.7 Å². The van der Waals surface area contributed by atoms with Gasteiger partial charge in [-0.1, -0.05) is 30.4 Å². The summed E-state index contributed by atoms with van der Waals surface area (Å²) in [6, 6.07) is 7.83. The molecule has 17 heavy (non-hydrogen) atoms. The average molecular weight is 228 g/mol. The van der Waals surface area contributed by atoms with E-state index in [9.17, 15) is 4.91 Å². The minimum absolute atomic E-state index is 0.477. The highest BCUT2D eigenvalue weighted by Crippen LogP contribution is 2.39. The number of hydrogen-bond donors (Lipinski definition) is 0. The monoisotopic (exact) mass is 228 g/mol. The molecule has 0 fully saturated rings. The molecular weight excluding hydrogens is 212 g/mol. The molecule has 2 rings (SSSR count). The fourth-order valence-electron chi connectivity index (χ4n) is 2.42. The molecule has 0 saturated heterocycles. The highest BCUT2D eigenvalue weighted by molar-refractivity contribution is 5.81. The van der Waals surface area contributed by atoms with Gasteiger partial charge in [0.15, 0.2) is 0 Å². The molecule has 1 aromatic rings. The average Bonchev–Trinajstić information content (AvgIpc) is 2.29. The van der Waals surface area contributed by atoms with Crippen molar-refractivity contribution in [2.75, 3.05) is 5.01 Å². The number of para-hydroxylation sites is 1. The maximum atomic E-state index is 11.1. The number of hydrogen-bond acceptors (Lipinski definition) is 2. The Morgan fingerprint density at radius 2 is 2.06 bits per heavy atom. The summed E-state index contributed by atoms with van der Waals surface area (Å²) in [5.41, 5.74) is 2.62. The highest BCUT2D eigenvalue weighted by Gasteiger charge is 2.34. The van der Waals surface area contributed by atoms with Crippen molar-refractivity contribution in [2.24, 2.45) is 5.29 Å². The van der Waals surface area contributed by atoms with Crippen molar-refractivity contribution in [2.45, 2.75) is 26.3 Å². The lowest BCUT2D eigenvalue weighted by molar-refractivity contribution is 0.626. The standard InChI is InChI=1S/C14H16N2O/c1-4-9-14(3)10-11(2)12-7-5-6-8-13(12)16(14)15-17/h4-10H,1-3H3. The van der Waals surface area contributed by atoms with E-state index in [1.807, 2.05) is 50.3 Å². The first-order valence-corrected chi connectivity index (χ1v) is 5.68. The summed E-state index contributed by atoms with van der Waals surface area (Å²) in [4.78, 5) is 11.1. The largest absolute Gasteiger partial charge is 0.215 e. The molecule has 0 radical (unpaired) electrons. The van der Waals surface area contributed by atoms with E-state index in [4.69, 9.17) is 0 Å². The van der Waals surface area contributed by atoms with E-state index in [2.05, 4.69) is 18.3 Å². The molecule has 0 aromatic heterocycles. The number of nitrogens with zero attached hydrogens (tertiary/aromatic N) is 2. The predicted molar refractivity (Wildman–Crippen MR) is 71.6 cm³/mol. The maximum absolute atomic E-state index is 11.1. The van der Waals surface area contributed by atoms with Crippen LogP contribution in [0.4, 0.5) is 5.69 Å². The molecule has 3 heteroatoms. The zero-order chi connectivity index (χ0) is 12.5. The number of rotatable bonds is 2. The van der Waals surface area contributed by atoms with Crippen molar-refractivity contribution < 1.29 is 0 Å². The van der Waals surface area contributed by atoms with Gasteiger partial charge in [-0.3, -0.25) is 0 Å². The van der Waals surface area contributed by atoms with Gasteiger partial charge < -0.3 is 0 Å². The van der Waals surface area contributed by atoms with E-state index in [0.29, 0.717) is 0 Å². The van der Waals surface area contributed by atoms with E-state index in [1.54, 1.807) is 0 Å². The lowest BCUT2D eigenvalue weighted by Gasteiger charge is -2.37. The van der Waals surface area contributed by atoms with Crippen LogP contribution in [0.25, 0.3) is 5.57 Å². The van der Waals surface area contributed by atoms with Gasteiger partial charge in [-0.15, -0.1) is 4.91 Å². The van der Waals surface area contributed by atoms with Gasteiger partial charge in [0.2, 0.25) is 0 Å². The molecule has 1 unspecified atom stereocenters. The Bertz CT molecular complexity index is 505. The Morgan fingerprint density at radius 1 is 1.35 bits per heavy atom. The van der Waals surface area contributed by atoms with Crippen LogP contribution in [0.2, 0.25) is 0 Å². The minimum Gasteiger partial charge on any atom is -0.215 e. The molecule has 0 amide bonds. The summed E-state index contributed by atoms with van der Waals surface area (Å²) in [5.74, 6) is 0. The van der Waals surface area contributed by atoms with E-state index in [-0.39, 0.29) is 0 Å². The lowest BCUT2D eigenvalue weighted by Crippen LogP contribution is -2.42. The first-order chi connectivity index (χ1) is 8.12. The SMILES string of the molecule is CC=CC1(C)C=C(C)c2ccccc2N1N=O. The molecular formula is C14H16N2O. The minimum atomic E-state index is -0.477. The van der Waals surface area contributed by atoms with Gasteiger partial charge in [0.25, 0.3) is 0 Å². The van der Waals surface area contributed by atoms with Gasteiger partial charge in [0.1, 0.15) is 5.54 Å². The summed E-state index contributed by atoms with van der Waals surface area (Å²) in [7, 11) is 0. The molecule has 88 valence electrons. The Hall–Kier alpha value is -1.90. The Morgan fingerprint density at radius 3 is 2.71 bits per heavy atom. The Balaban J connectivity index is 2.65. The molecule has 1 atom stereocenters. The fraction of sp³-hybridized carbons (Fsp3) is 0.286. The Kier molecular flexibility index (Phi) is 2.84. The van der Waals surface area contributed by atoms with E-state index < -0.39 is 5.54 Å². The number of fused-ring (bicyclic) bond motifs is 1. The van der Waals surface area contributed by atoms with Crippen LogP contribution in [0.3, 0.4) is 0 Å². The molecule has 1 aromatic carbocycles. The molecule has 1 aliphatic rings. The Labute approximate surface area is 101 Å². The second-order valence-electron chi connectivity index (χ2n) is 4.46. The van der Waals surface area contributed by atoms with Gasteiger partial charge in [0, 0.05) is 5.56 Å². The molecule has 0 bridgehead atoms. The van der Waals surface area contributed by atoms with Crippen LogP contribution >= 0.6 is 0 Å². The summed E-state index contributed by atoms with van der Waals surface area (Å²) in [6.45, 7) is 5.98. The van der Waals surface area contributed by atoms with Crippen molar-refractivity contribution in [1.82, 2.24) is 0 Å². The second-order valence-corrected chi connectivity index (χ2v) is 4.46. The van der Waals surface area contributed by atoms with Gasteiger partial charge in [-0.25, -0.2) is 5.01 Å². The number of allylic oxidation sites excluding steroid dienone is 2. The molecule has 0 aliphatic carbocycles. The first-order valence-electron chi connectivity index (χ1n) is 5.68. The first kappa shape index (κ1) is 11.6. The summed E-state index contributed by atoms with van der Waals surface area (Å²) >= 11 is 0. The molecule has 3 nitrogen and oxygen atoms in total. The van der Waals surface area contributed by atoms with Gasteiger partial charge in [0.05, 0.1) is 11.0 Å². The van der Waals surface area contributed by atoms with Gasteiger partial charge in [-0.2, -0.15) is 0 Å². The van der Waals surface area contributed by atoms with Crippen molar-refractivity contribution >= 4 is 11.3 Å². The zero-order valence-corrected chi connectivity index (χ0v) is 10.3. The van der Waals surface area contributed by atoms with Crippen LogP contribution in [-0.4, -0.2) is 5.54 Å². The fourth-order valence-corrected chi connectivity index (χ4v) is 2.42. The zero-order valence-electron chi connectivity index (χ0n) is 10.3. The third-order valence-electron chi connectivity index (χ3n) is 3.11. The number of benzene rings is 1. The molecule has 1 aliphatic heterocycles. The van der Waals surface area contributed by atoms with E-state index in [0.717, 1.165) is 11.3 Å². The molecule has 1 heterocycles. The summed E-state index contributed by atoms with van der Waals surface area (Å²) < 4.78 is 0. The second kappa shape index (κ2) is 4.17. The quantitative estimate of drug-likeness (QED) is 0.567. The van der Waals surface area contributed by atoms with Crippen LogP contribution in [0.15, 0.2) is 47.8 Å². The van der Waals surface area contributed by atoms with Crippen LogP contribution in [0.5, 0.6) is 0 Å².